The molecule has 0 saturated heterocycles. The molecule has 2 rings (SSSR count). The number of carbonyl (C=O) groups is 1. The van der Waals surface area contributed by atoms with Crippen LogP contribution in [0.25, 0.3) is 0 Å². The molecule has 1 aliphatic heterocycles. The number of amides is 1. The highest BCUT2D eigenvalue weighted by atomic mass is 19.1. The number of halogens is 1. The lowest BCUT2D eigenvalue weighted by atomic mass is 9.91. The van der Waals surface area contributed by atoms with Gasteiger partial charge in [-0.3, -0.25) is 4.79 Å². The van der Waals surface area contributed by atoms with E-state index in [1.807, 2.05) is 20.8 Å². The Hall–Kier alpha value is -1.58. The quantitative estimate of drug-likeness (QED) is 0.891. The van der Waals surface area contributed by atoms with Gasteiger partial charge in [-0.15, -0.1) is 0 Å². The van der Waals surface area contributed by atoms with Crippen LogP contribution in [-0.2, 0) is 4.79 Å². The Bertz CT molecular complexity index is 480. The van der Waals surface area contributed by atoms with E-state index in [4.69, 9.17) is 4.74 Å². The molecule has 4 heteroatoms. The van der Waals surface area contributed by atoms with Gasteiger partial charge in [0.25, 0.3) is 0 Å². The summed E-state index contributed by atoms with van der Waals surface area (Å²) in [4.78, 5) is 12.0. The third kappa shape index (κ3) is 3.69. The van der Waals surface area contributed by atoms with E-state index < -0.39 is 0 Å². The first-order chi connectivity index (χ1) is 8.85. The molecule has 0 radical (unpaired) electrons. The van der Waals surface area contributed by atoms with Gasteiger partial charge < -0.3 is 10.1 Å². The van der Waals surface area contributed by atoms with Crippen LogP contribution in [0.15, 0.2) is 18.2 Å². The molecule has 1 unspecified atom stereocenters. The summed E-state index contributed by atoms with van der Waals surface area (Å²) in [6, 6.07) is 4.27. The number of carbonyl (C=O) groups excluding carboxylic acids is 1. The average Bonchev–Trinajstić information content (AvgIpc) is 2.27. The third-order valence-corrected chi connectivity index (χ3v) is 3.04. The molecular weight excluding hydrogens is 245 g/mol. The van der Waals surface area contributed by atoms with Crippen molar-refractivity contribution in [2.24, 2.45) is 5.41 Å². The van der Waals surface area contributed by atoms with Crippen molar-refractivity contribution in [2.45, 2.75) is 39.7 Å². The first kappa shape index (κ1) is 13.8. The van der Waals surface area contributed by atoms with E-state index in [1.165, 1.54) is 12.1 Å². The van der Waals surface area contributed by atoms with Crippen LogP contribution < -0.4 is 10.1 Å². The van der Waals surface area contributed by atoms with Gasteiger partial charge in [0.1, 0.15) is 11.6 Å². The van der Waals surface area contributed by atoms with E-state index in [2.05, 4.69) is 5.32 Å². The predicted molar refractivity (Wildman–Crippen MR) is 71.5 cm³/mol. The molecule has 19 heavy (non-hydrogen) atoms. The molecule has 0 aromatic heterocycles. The summed E-state index contributed by atoms with van der Waals surface area (Å²) in [6.45, 7) is 6.59. The minimum absolute atomic E-state index is 0.00499. The van der Waals surface area contributed by atoms with Crippen LogP contribution in [0.1, 0.15) is 45.2 Å². The second kappa shape index (κ2) is 5.19. The number of hydrogen-bond acceptors (Lipinski definition) is 2. The zero-order valence-corrected chi connectivity index (χ0v) is 11.6. The van der Waals surface area contributed by atoms with Crippen molar-refractivity contribution < 1.29 is 13.9 Å². The molecule has 3 nitrogen and oxygen atoms in total. The molecular formula is C15H20FNO2. The fourth-order valence-electron chi connectivity index (χ4n) is 2.24. The van der Waals surface area contributed by atoms with Crippen LogP contribution >= 0.6 is 0 Å². The van der Waals surface area contributed by atoms with Crippen LogP contribution in [0.3, 0.4) is 0 Å². The first-order valence-electron chi connectivity index (χ1n) is 6.57. The zero-order chi connectivity index (χ0) is 14.0. The number of hydrogen-bond donors (Lipinski definition) is 1. The Morgan fingerprint density at radius 2 is 2.21 bits per heavy atom. The summed E-state index contributed by atoms with van der Waals surface area (Å²) in [5.74, 6) is 0.350. The van der Waals surface area contributed by atoms with Gasteiger partial charge in [-0.1, -0.05) is 20.8 Å². The van der Waals surface area contributed by atoms with Crippen molar-refractivity contribution in [3.8, 4) is 5.75 Å². The number of benzene rings is 1. The molecule has 1 amide bonds. The minimum atomic E-state index is -0.306. The van der Waals surface area contributed by atoms with Crippen LogP contribution in [-0.4, -0.2) is 12.5 Å². The average molecular weight is 265 g/mol. The maximum Gasteiger partial charge on any atom is 0.221 e. The van der Waals surface area contributed by atoms with Gasteiger partial charge in [0.05, 0.1) is 12.6 Å². The maximum absolute atomic E-state index is 13.3. The summed E-state index contributed by atoms with van der Waals surface area (Å²) >= 11 is 0. The van der Waals surface area contributed by atoms with Gasteiger partial charge in [-0.05, 0) is 23.6 Å². The first-order valence-corrected chi connectivity index (χ1v) is 6.57. The number of ether oxygens (including phenoxy) is 1. The van der Waals surface area contributed by atoms with Crippen molar-refractivity contribution in [1.82, 2.24) is 5.32 Å². The van der Waals surface area contributed by atoms with Gasteiger partial charge in [0.2, 0.25) is 5.91 Å². The second-order valence-electron chi connectivity index (χ2n) is 6.18. The summed E-state index contributed by atoms with van der Waals surface area (Å²) in [5.41, 5.74) is 0.675. The molecule has 1 heterocycles. The smallest absolute Gasteiger partial charge is 0.221 e. The Balaban J connectivity index is 2.11. The largest absolute Gasteiger partial charge is 0.493 e. The molecule has 1 aromatic carbocycles. The molecule has 1 N–H and O–H groups in total. The Labute approximate surface area is 113 Å². The Morgan fingerprint density at radius 1 is 1.47 bits per heavy atom. The standard InChI is InChI=1S/C15H20FNO2/c1-15(2,3)9-14(18)17-12-6-7-19-13-5-4-10(16)8-11(12)13/h4-5,8,12H,6-7,9H2,1-3H3,(H,17,18). The molecule has 1 aromatic rings. The van der Waals surface area contributed by atoms with Gasteiger partial charge in [-0.2, -0.15) is 0 Å². The van der Waals surface area contributed by atoms with Crippen molar-refractivity contribution in [3.05, 3.63) is 29.6 Å². The molecule has 1 atom stereocenters. The van der Waals surface area contributed by atoms with E-state index in [0.717, 1.165) is 5.56 Å². The Morgan fingerprint density at radius 3 is 2.89 bits per heavy atom. The maximum atomic E-state index is 13.3. The van der Waals surface area contributed by atoms with E-state index in [9.17, 15) is 9.18 Å². The molecule has 0 fully saturated rings. The van der Waals surface area contributed by atoms with E-state index in [0.29, 0.717) is 25.2 Å². The SMILES string of the molecule is CC(C)(C)CC(=O)NC1CCOc2ccc(F)cc21. The molecule has 1 aliphatic rings. The number of fused-ring (bicyclic) bond motifs is 1. The van der Waals surface area contributed by atoms with Crippen molar-refractivity contribution in [2.75, 3.05) is 6.61 Å². The zero-order valence-electron chi connectivity index (χ0n) is 11.6. The van der Waals surface area contributed by atoms with Crippen molar-refractivity contribution in [1.29, 1.82) is 0 Å². The normalized spacial score (nSPS) is 18.4. The molecule has 0 spiro atoms. The number of nitrogens with one attached hydrogen (secondary N) is 1. The summed E-state index contributed by atoms with van der Waals surface area (Å²) in [7, 11) is 0. The highest BCUT2D eigenvalue weighted by Gasteiger charge is 2.25. The fourth-order valence-corrected chi connectivity index (χ4v) is 2.24. The molecule has 0 bridgehead atoms. The predicted octanol–water partition coefficient (Wildman–Crippen LogP) is 3.20. The molecule has 0 aliphatic carbocycles. The van der Waals surface area contributed by atoms with Crippen LogP contribution in [0.2, 0.25) is 0 Å². The van der Waals surface area contributed by atoms with E-state index in [-0.39, 0.29) is 23.2 Å². The third-order valence-electron chi connectivity index (χ3n) is 3.04. The van der Waals surface area contributed by atoms with Gasteiger partial charge in [0, 0.05) is 18.4 Å². The lowest BCUT2D eigenvalue weighted by Crippen LogP contribution is -2.34. The summed E-state index contributed by atoms with van der Waals surface area (Å²) < 4.78 is 18.8. The lowest BCUT2D eigenvalue weighted by molar-refractivity contribution is -0.123. The van der Waals surface area contributed by atoms with Crippen LogP contribution in [0, 0.1) is 11.2 Å². The Kier molecular flexibility index (Phi) is 3.78. The van der Waals surface area contributed by atoms with Crippen LogP contribution in [0.4, 0.5) is 4.39 Å². The second-order valence-corrected chi connectivity index (χ2v) is 6.18. The van der Waals surface area contributed by atoms with E-state index >= 15 is 0 Å². The fraction of sp³-hybridized carbons (Fsp3) is 0.533. The van der Waals surface area contributed by atoms with Crippen molar-refractivity contribution in [3.63, 3.8) is 0 Å². The van der Waals surface area contributed by atoms with Crippen LogP contribution in [0.5, 0.6) is 5.75 Å². The van der Waals surface area contributed by atoms with Gasteiger partial charge in [0.15, 0.2) is 0 Å². The van der Waals surface area contributed by atoms with Gasteiger partial charge >= 0.3 is 0 Å². The molecule has 104 valence electrons. The monoisotopic (exact) mass is 265 g/mol. The summed E-state index contributed by atoms with van der Waals surface area (Å²) in [6.07, 6.45) is 1.13. The number of rotatable bonds is 2. The highest BCUT2D eigenvalue weighted by molar-refractivity contribution is 5.77. The molecule has 0 saturated carbocycles. The highest BCUT2D eigenvalue weighted by Crippen LogP contribution is 2.32. The van der Waals surface area contributed by atoms with E-state index in [1.54, 1.807) is 6.07 Å². The minimum Gasteiger partial charge on any atom is -0.493 e. The van der Waals surface area contributed by atoms with Crippen molar-refractivity contribution >= 4 is 5.91 Å². The topological polar surface area (TPSA) is 38.3 Å². The van der Waals surface area contributed by atoms with Gasteiger partial charge in [-0.25, -0.2) is 4.39 Å². The lowest BCUT2D eigenvalue weighted by Gasteiger charge is -2.28. The summed E-state index contributed by atoms with van der Waals surface area (Å²) in [5, 5.41) is 2.97.